The zero-order valence-corrected chi connectivity index (χ0v) is 11.9. The molecule has 0 bridgehead atoms. The van der Waals surface area contributed by atoms with E-state index >= 15 is 0 Å². The predicted molar refractivity (Wildman–Crippen MR) is 74.8 cm³/mol. The average molecular weight is 258 g/mol. The summed E-state index contributed by atoms with van der Waals surface area (Å²) >= 11 is 0. The van der Waals surface area contributed by atoms with Gasteiger partial charge in [0.1, 0.15) is 0 Å². The van der Waals surface area contributed by atoms with Crippen molar-refractivity contribution in [1.82, 2.24) is 0 Å². The van der Waals surface area contributed by atoms with Crippen molar-refractivity contribution in [3.8, 4) is 0 Å². The van der Waals surface area contributed by atoms with E-state index in [1.807, 2.05) is 45.9 Å². The highest BCUT2D eigenvalue weighted by Crippen LogP contribution is 2.36. The maximum atomic E-state index is 11.8. The zero-order chi connectivity index (χ0) is 13.8. The van der Waals surface area contributed by atoms with E-state index in [1.54, 1.807) is 0 Å². The van der Waals surface area contributed by atoms with Gasteiger partial charge in [-0.2, -0.15) is 0 Å². The third kappa shape index (κ3) is 1.94. The fourth-order valence-electron chi connectivity index (χ4n) is 2.58. The van der Waals surface area contributed by atoms with Crippen molar-refractivity contribution in [3.05, 3.63) is 29.3 Å². The summed E-state index contributed by atoms with van der Waals surface area (Å²) in [5.74, 6) is 0.230. The molecule has 1 fully saturated rings. The third-order valence-corrected chi connectivity index (χ3v) is 4.58. The van der Waals surface area contributed by atoms with Gasteiger partial charge in [-0.25, -0.2) is 0 Å². The zero-order valence-electron chi connectivity index (χ0n) is 11.9. The molecule has 1 aromatic carbocycles. The summed E-state index contributed by atoms with van der Waals surface area (Å²) in [5.41, 5.74) is 2.23. The first-order valence-electron chi connectivity index (χ1n) is 6.82. The molecule has 0 spiro atoms. The highest BCUT2D eigenvalue weighted by atomic mass is 16.7. The van der Waals surface area contributed by atoms with E-state index in [9.17, 15) is 4.79 Å². The molecule has 2 aliphatic rings. The molecule has 1 aromatic rings. The van der Waals surface area contributed by atoms with Crippen molar-refractivity contribution in [2.24, 2.45) is 0 Å². The maximum Gasteiger partial charge on any atom is 0.494 e. The summed E-state index contributed by atoms with van der Waals surface area (Å²) in [7, 11) is -0.385. The summed E-state index contributed by atoms with van der Waals surface area (Å²) in [5, 5.41) is 0. The van der Waals surface area contributed by atoms with Crippen molar-refractivity contribution in [1.29, 1.82) is 0 Å². The lowest BCUT2D eigenvalue weighted by molar-refractivity contribution is 0.00578. The second-order valence-electron chi connectivity index (χ2n) is 6.43. The van der Waals surface area contributed by atoms with Gasteiger partial charge in [0.15, 0.2) is 5.78 Å². The third-order valence-electron chi connectivity index (χ3n) is 4.58. The Morgan fingerprint density at radius 3 is 2.32 bits per heavy atom. The van der Waals surface area contributed by atoms with Crippen LogP contribution >= 0.6 is 0 Å². The summed E-state index contributed by atoms with van der Waals surface area (Å²) in [4.78, 5) is 11.8. The molecule has 3 nitrogen and oxygen atoms in total. The molecule has 1 aliphatic carbocycles. The topological polar surface area (TPSA) is 35.5 Å². The van der Waals surface area contributed by atoms with Gasteiger partial charge >= 0.3 is 7.12 Å². The number of fused-ring (bicyclic) bond motifs is 1. The quantitative estimate of drug-likeness (QED) is 0.724. The Morgan fingerprint density at radius 2 is 1.68 bits per heavy atom. The SMILES string of the molecule is CC1(C)OB(c2ccc3c(c2)C(=O)CC3)OC1(C)C. The monoisotopic (exact) mass is 258 g/mol. The van der Waals surface area contributed by atoms with Crippen LogP contribution in [0.1, 0.15) is 50.0 Å². The number of benzene rings is 1. The minimum Gasteiger partial charge on any atom is -0.399 e. The van der Waals surface area contributed by atoms with Gasteiger partial charge in [0.2, 0.25) is 0 Å². The number of aryl methyl sites for hydroxylation is 1. The maximum absolute atomic E-state index is 11.8. The van der Waals surface area contributed by atoms with Gasteiger partial charge in [-0.15, -0.1) is 0 Å². The van der Waals surface area contributed by atoms with E-state index < -0.39 is 0 Å². The number of carbonyl (C=O) groups excluding carboxylic acids is 1. The van der Waals surface area contributed by atoms with Gasteiger partial charge in [-0.3, -0.25) is 4.79 Å². The molecule has 0 unspecified atom stereocenters. The largest absolute Gasteiger partial charge is 0.494 e. The van der Waals surface area contributed by atoms with Gasteiger partial charge in [0.05, 0.1) is 11.2 Å². The summed E-state index contributed by atoms with van der Waals surface area (Å²) in [6.07, 6.45) is 1.49. The second kappa shape index (κ2) is 3.93. The van der Waals surface area contributed by atoms with E-state index in [-0.39, 0.29) is 24.1 Å². The van der Waals surface area contributed by atoms with Crippen molar-refractivity contribution in [3.63, 3.8) is 0 Å². The van der Waals surface area contributed by atoms with Crippen molar-refractivity contribution < 1.29 is 14.1 Å². The highest BCUT2D eigenvalue weighted by Gasteiger charge is 2.51. The number of hydrogen-bond donors (Lipinski definition) is 0. The lowest BCUT2D eigenvalue weighted by Gasteiger charge is -2.32. The molecule has 0 amide bonds. The number of rotatable bonds is 1. The second-order valence-corrected chi connectivity index (χ2v) is 6.43. The van der Waals surface area contributed by atoms with Gasteiger partial charge in [-0.05, 0) is 45.1 Å². The van der Waals surface area contributed by atoms with E-state index in [1.165, 1.54) is 0 Å². The van der Waals surface area contributed by atoms with Gasteiger partial charge in [0.25, 0.3) is 0 Å². The first-order chi connectivity index (χ1) is 8.80. The molecule has 0 N–H and O–H groups in total. The molecule has 0 aromatic heterocycles. The molecule has 3 rings (SSSR count). The summed E-state index contributed by atoms with van der Waals surface area (Å²) < 4.78 is 12.0. The fourth-order valence-corrected chi connectivity index (χ4v) is 2.58. The molecule has 1 heterocycles. The normalized spacial score (nSPS) is 23.8. The average Bonchev–Trinajstić information content (AvgIpc) is 2.78. The Balaban J connectivity index is 1.93. The van der Waals surface area contributed by atoms with Crippen LogP contribution in [0.25, 0.3) is 0 Å². The molecule has 100 valence electrons. The van der Waals surface area contributed by atoms with Crippen LogP contribution in [-0.2, 0) is 15.7 Å². The van der Waals surface area contributed by atoms with Crippen LogP contribution in [-0.4, -0.2) is 24.1 Å². The molecule has 0 atom stereocenters. The lowest BCUT2D eigenvalue weighted by atomic mass is 9.78. The van der Waals surface area contributed by atoms with Gasteiger partial charge < -0.3 is 9.31 Å². The van der Waals surface area contributed by atoms with Crippen molar-refractivity contribution >= 4 is 18.4 Å². The highest BCUT2D eigenvalue weighted by molar-refractivity contribution is 6.62. The first-order valence-corrected chi connectivity index (χ1v) is 6.82. The van der Waals surface area contributed by atoms with Crippen LogP contribution < -0.4 is 5.46 Å². The number of carbonyl (C=O) groups is 1. The molecular formula is C15H19BO3. The van der Waals surface area contributed by atoms with Crippen LogP contribution in [0.2, 0.25) is 0 Å². The van der Waals surface area contributed by atoms with Crippen molar-refractivity contribution in [2.75, 3.05) is 0 Å². The van der Waals surface area contributed by atoms with E-state index in [4.69, 9.17) is 9.31 Å². The fraction of sp³-hybridized carbons (Fsp3) is 0.533. The van der Waals surface area contributed by atoms with Crippen LogP contribution in [0.4, 0.5) is 0 Å². The standard InChI is InChI=1S/C15H19BO3/c1-14(2)15(3,4)19-16(18-14)11-7-5-10-6-8-13(17)12(10)9-11/h5,7,9H,6,8H2,1-4H3. The smallest absolute Gasteiger partial charge is 0.399 e. The molecule has 4 heteroatoms. The van der Waals surface area contributed by atoms with Crippen LogP contribution in [0.15, 0.2) is 18.2 Å². The van der Waals surface area contributed by atoms with E-state index in [0.717, 1.165) is 23.0 Å². The van der Waals surface area contributed by atoms with E-state index in [0.29, 0.717) is 6.42 Å². The molecule has 0 saturated carbocycles. The molecule has 19 heavy (non-hydrogen) atoms. The van der Waals surface area contributed by atoms with Crippen LogP contribution in [0, 0.1) is 0 Å². The number of hydrogen-bond acceptors (Lipinski definition) is 3. The number of Topliss-reactive ketones (excluding diaryl/α,β-unsaturated/α-hetero) is 1. The Labute approximate surface area is 114 Å². The van der Waals surface area contributed by atoms with E-state index in [2.05, 4.69) is 0 Å². The molecule has 0 radical (unpaired) electrons. The number of ketones is 1. The molecular weight excluding hydrogens is 239 g/mol. The summed E-state index contributed by atoms with van der Waals surface area (Å²) in [6.45, 7) is 8.13. The van der Waals surface area contributed by atoms with Gasteiger partial charge in [-0.1, -0.05) is 18.2 Å². The Morgan fingerprint density at radius 1 is 1.05 bits per heavy atom. The Kier molecular flexibility index (Phi) is 2.67. The van der Waals surface area contributed by atoms with Crippen molar-refractivity contribution in [2.45, 2.75) is 51.7 Å². The van der Waals surface area contributed by atoms with Crippen LogP contribution in [0.3, 0.4) is 0 Å². The Bertz CT molecular complexity index is 532. The summed E-state index contributed by atoms with van der Waals surface area (Å²) in [6, 6.07) is 5.98. The minimum atomic E-state index is -0.385. The Hall–Kier alpha value is -1.13. The first kappa shape index (κ1) is 12.9. The van der Waals surface area contributed by atoms with Crippen LogP contribution in [0.5, 0.6) is 0 Å². The lowest BCUT2D eigenvalue weighted by Crippen LogP contribution is -2.41. The molecule has 1 saturated heterocycles. The van der Waals surface area contributed by atoms with Gasteiger partial charge in [0, 0.05) is 12.0 Å². The molecule has 1 aliphatic heterocycles. The minimum absolute atomic E-state index is 0.230. The predicted octanol–water partition coefficient (Wildman–Crippen LogP) is 2.11.